The smallest absolute Gasteiger partial charge is 0.316 e. The number of aliphatic imine (C=N–C) groups is 1. The SMILES string of the molecule is O=C1NC(=NCCC(=O)N2CCCCC2)NC1=O. The topological polar surface area (TPSA) is 90.9 Å². The van der Waals surface area contributed by atoms with Gasteiger partial charge in [0.1, 0.15) is 0 Å². The van der Waals surface area contributed by atoms with Crippen molar-refractivity contribution in [3.63, 3.8) is 0 Å². The van der Waals surface area contributed by atoms with Crippen LogP contribution in [0.4, 0.5) is 0 Å². The van der Waals surface area contributed by atoms with Crippen molar-refractivity contribution >= 4 is 23.7 Å². The van der Waals surface area contributed by atoms with Crippen molar-refractivity contribution in [3.8, 4) is 0 Å². The average molecular weight is 252 g/mol. The van der Waals surface area contributed by atoms with E-state index in [0.29, 0.717) is 6.42 Å². The molecule has 98 valence electrons. The molecular formula is C11H16N4O3. The Balaban J connectivity index is 1.74. The number of likely N-dealkylation sites (tertiary alicyclic amines) is 1. The van der Waals surface area contributed by atoms with E-state index in [1.807, 2.05) is 4.90 Å². The maximum atomic E-state index is 11.8. The van der Waals surface area contributed by atoms with Crippen LogP contribution in [0.3, 0.4) is 0 Å². The molecule has 2 heterocycles. The van der Waals surface area contributed by atoms with Gasteiger partial charge in [0.25, 0.3) is 0 Å². The van der Waals surface area contributed by atoms with Gasteiger partial charge in [-0.3, -0.25) is 30.0 Å². The standard InChI is InChI=1S/C11H16N4O3/c16-8(15-6-2-1-3-7-15)4-5-12-11-13-9(17)10(18)14-11/h1-7H2,(H2,12,13,14,17,18). The first-order chi connectivity index (χ1) is 8.66. The summed E-state index contributed by atoms with van der Waals surface area (Å²) in [5, 5.41) is 4.56. The summed E-state index contributed by atoms with van der Waals surface area (Å²) in [7, 11) is 0. The second-order valence-corrected chi connectivity index (χ2v) is 4.33. The van der Waals surface area contributed by atoms with Crippen molar-refractivity contribution in [1.82, 2.24) is 15.5 Å². The van der Waals surface area contributed by atoms with Gasteiger partial charge in [-0.1, -0.05) is 0 Å². The van der Waals surface area contributed by atoms with Crippen LogP contribution in [-0.4, -0.2) is 48.2 Å². The van der Waals surface area contributed by atoms with Crippen LogP contribution in [0.1, 0.15) is 25.7 Å². The number of piperidine rings is 1. The monoisotopic (exact) mass is 252 g/mol. The van der Waals surface area contributed by atoms with Gasteiger partial charge >= 0.3 is 11.8 Å². The zero-order valence-electron chi connectivity index (χ0n) is 10.1. The molecule has 2 N–H and O–H groups in total. The van der Waals surface area contributed by atoms with Gasteiger partial charge in [-0.25, -0.2) is 0 Å². The van der Waals surface area contributed by atoms with Gasteiger partial charge in [0, 0.05) is 19.5 Å². The summed E-state index contributed by atoms with van der Waals surface area (Å²) < 4.78 is 0. The van der Waals surface area contributed by atoms with Crippen molar-refractivity contribution in [2.75, 3.05) is 19.6 Å². The fourth-order valence-electron chi connectivity index (χ4n) is 2.00. The first-order valence-electron chi connectivity index (χ1n) is 6.11. The lowest BCUT2D eigenvalue weighted by Crippen LogP contribution is -2.36. The van der Waals surface area contributed by atoms with Crippen LogP contribution < -0.4 is 10.6 Å². The van der Waals surface area contributed by atoms with Crippen LogP contribution in [0.5, 0.6) is 0 Å². The van der Waals surface area contributed by atoms with E-state index in [1.165, 1.54) is 6.42 Å². The van der Waals surface area contributed by atoms with Crippen LogP contribution in [0.15, 0.2) is 4.99 Å². The molecule has 0 saturated carbocycles. The van der Waals surface area contributed by atoms with Crippen molar-refractivity contribution in [2.45, 2.75) is 25.7 Å². The molecule has 2 aliphatic rings. The van der Waals surface area contributed by atoms with Crippen LogP contribution >= 0.6 is 0 Å². The predicted molar refractivity (Wildman–Crippen MR) is 63.6 cm³/mol. The molecule has 0 bridgehead atoms. The third-order valence-electron chi connectivity index (χ3n) is 2.97. The Hall–Kier alpha value is -1.92. The van der Waals surface area contributed by atoms with Gasteiger partial charge in [0.05, 0.1) is 6.54 Å². The van der Waals surface area contributed by atoms with E-state index in [9.17, 15) is 14.4 Å². The first-order valence-corrected chi connectivity index (χ1v) is 6.11. The highest BCUT2D eigenvalue weighted by atomic mass is 16.2. The summed E-state index contributed by atoms with van der Waals surface area (Å²) in [6, 6.07) is 0. The van der Waals surface area contributed by atoms with Gasteiger partial charge < -0.3 is 4.90 Å². The summed E-state index contributed by atoms with van der Waals surface area (Å²) in [5.74, 6) is -1.21. The Morgan fingerprint density at radius 3 is 2.33 bits per heavy atom. The molecule has 18 heavy (non-hydrogen) atoms. The molecule has 0 spiro atoms. The molecule has 7 nitrogen and oxygen atoms in total. The predicted octanol–water partition coefficient (Wildman–Crippen LogP) is -1.01. The van der Waals surface area contributed by atoms with E-state index >= 15 is 0 Å². The normalized spacial score (nSPS) is 19.6. The number of guanidine groups is 1. The fourth-order valence-corrected chi connectivity index (χ4v) is 2.00. The lowest BCUT2D eigenvalue weighted by atomic mass is 10.1. The summed E-state index contributed by atoms with van der Waals surface area (Å²) in [4.78, 5) is 39.3. The number of carbonyl (C=O) groups is 3. The molecule has 0 atom stereocenters. The van der Waals surface area contributed by atoms with Gasteiger partial charge in [0.15, 0.2) is 0 Å². The molecule has 0 unspecified atom stereocenters. The molecule has 2 fully saturated rings. The Kier molecular flexibility index (Phi) is 3.91. The molecule has 2 aliphatic heterocycles. The molecule has 0 aromatic rings. The Morgan fingerprint density at radius 2 is 1.72 bits per heavy atom. The first kappa shape index (κ1) is 12.5. The molecule has 3 amide bonds. The number of rotatable bonds is 3. The molecule has 2 saturated heterocycles. The molecule has 0 aliphatic carbocycles. The summed E-state index contributed by atoms with van der Waals surface area (Å²) in [6.07, 6.45) is 3.61. The second-order valence-electron chi connectivity index (χ2n) is 4.33. The van der Waals surface area contributed by atoms with Gasteiger partial charge in [-0.2, -0.15) is 0 Å². The minimum absolute atomic E-state index is 0.0784. The van der Waals surface area contributed by atoms with E-state index in [2.05, 4.69) is 15.6 Å². The fraction of sp³-hybridized carbons (Fsp3) is 0.636. The summed E-state index contributed by atoms with van der Waals surface area (Å²) in [5.41, 5.74) is 0. The average Bonchev–Trinajstić information content (AvgIpc) is 2.69. The zero-order valence-corrected chi connectivity index (χ0v) is 10.1. The van der Waals surface area contributed by atoms with E-state index in [-0.39, 0.29) is 18.4 Å². The zero-order chi connectivity index (χ0) is 13.0. The largest absolute Gasteiger partial charge is 0.343 e. The molecule has 0 aromatic carbocycles. The lowest BCUT2D eigenvalue weighted by molar-refractivity contribution is -0.135. The number of nitrogens with one attached hydrogen (secondary N) is 2. The maximum absolute atomic E-state index is 11.8. The summed E-state index contributed by atoms with van der Waals surface area (Å²) in [6.45, 7) is 1.91. The highest BCUT2D eigenvalue weighted by Gasteiger charge is 2.25. The Morgan fingerprint density at radius 1 is 1.11 bits per heavy atom. The van der Waals surface area contributed by atoms with Crippen molar-refractivity contribution in [3.05, 3.63) is 0 Å². The molecule has 2 rings (SSSR count). The van der Waals surface area contributed by atoms with E-state index in [0.717, 1.165) is 25.9 Å². The van der Waals surface area contributed by atoms with Gasteiger partial charge in [-0.05, 0) is 19.3 Å². The maximum Gasteiger partial charge on any atom is 0.316 e. The van der Waals surface area contributed by atoms with Crippen molar-refractivity contribution in [2.24, 2.45) is 4.99 Å². The van der Waals surface area contributed by atoms with E-state index < -0.39 is 11.8 Å². The summed E-state index contributed by atoms with van der Waals surface area (Å²) >= 11 is 0. The Bertz CT molecular complexity index is 381. The molecular weight excluding hydrogens is 236 g/mol. The number of nitrogens with zero attached hydrogens (tertiary/aromatic N) is 2. The number of hydrogen-bond donors (Lipinski definition) is 2. The van der Waals surface area contributed by atoms with Gasteiger partial charge in [0.2, 0.25) is 11.9 Å². The highest BCUT2D eigenvalue weighted by Crippen LogP contribution is 2.09. The number of amides is 3. The minimum atomic E-state index is -0.712. The third-order valence-corrected chi connectivity index (χ3v) is 2.97. The van der Waals surface area contributed by atoms with Crippen molar-refractivity contribution in [1.29, 1.82) is 0 Å². The Labute approximate surface area is 105 Å². The number of hydrogen-bond acceptors (Lipinski definition) is 4. The number of carbonyl (C=O) groups excluding carboxylic acids is 3. The highest BCUT2D eigenvalue weighted by molar-refractivity contribution is 6.45. The van der Waals surface area contributed by atoms with Crippen LogP contribution in [0.25, 0.3) is 0 Å². The van der Waals surface area contributed by atoms with Gasteiger partial charge in [-0.15, -0.1) is 0 Å². The second kappa shape index (κ2) is 5.61. The lowest BCUT2D eigenvalue weighted by Gasteiger charge is -2.26. The third kappa shape index (κ3) is 3.06. The minimum Gasteiger partial charge on any atom is -0.343 e. The van der Waals surface area contributed by atoms with E-state index in [1.54, 1.807) is 0 Å². The quantitative estimate of drug-likeness (QED) is 0.631. The molecule has 0 radical (unpaired) electrons. The van der Waals surface area contributed by atoms with Crippen LogP contribution in [-0.2, 0) is 14.4 Å². The molecule has 0 aromatic heterocycles. The van der Waals surface area contributed by atoms with Crippen LogP contribution in [0.2, 0.25) is 0 Å². The molecule has 7 heteroatoms. The van der Waals surface area contributed by atoms with E-state index in [4.69, 9.17) is 0 Å². The van der Waals surface area contributed by atoms with Crippen LogP contribution in [0, 0.1) is 0 Å². The van der Waals surface area contributed by atoms with Crippen molar-refractivity contribution < 1.29 is 14.4 Å².